The molecular formula is C15H12Cl2. The largest absolute Gasteiger partial charge is 0.0843 e. The van der Waals surface area contributed by atoms with Gasteiger partial charge in [-0.1, -0.05) is 47.5 Å². The van der Waals surface area contributed by atoms with Gasteiger partial charge in [-0.3, -0.25) is 0 Å². The molecule has 0 amide bonds. The van der Waals surface area contributed by atoms with Gasteiger partial charge in [-0.05, 0) is 54.7 Å². The summed E-state index contributed by atoms with van der Waals surface area (Å²) in [7, 11) is 0. The molecule has 2 aromatic carbocycles. The Labute approximate surface area is 112 Å². The molecule has 0 unspecified atom stereocenters. The van der Waals surface area contributed by atoms with E-state index in [1.54, 1.807) is 0 Å². The van der Waals surface area contributed by atoms with Crippen molar-refractivity contribution in [2.75, 3.05) is 0 Å². The van der Waals surface area contributed by atoms with Crippen molar-refractivity contribution >= 4 is 23.2 Å². The molecule has 0 atom stereocenters. The number of halogens is 2. The fraction of sp³-hybridized carbons (Fsp3) is 0.133. The SMILES string of the molecule is Clc1ccc(C[C]Cc2ccc(Cl)cc2)cc1. The first-order valence-corrected chi connectivity index (χ1v) is 6.19. The van der Waals surface area contributed by atoms with Crippen LogP contribution in [0.2, 0.25) is 10.0 Å². The van der Waals surface area contributed by atoms with Crippen molar-refractivity contribution in [1.82, 2.24) is 0 Å². The van der Waals surface area contributed by atoms with E-state index in [1.807, 2.05) is 48.5 Å². The molecule has 0 aliphatic carbocycles. The molecule has 2 aromatic rings. The predicted octanol–water partition coefficient (Wildman–Crippen LogP) is 4.86. The maximum atomic E-state index is 5.82. The fourth-order valence-corrected chi connectivity index (χ4v) is 1.81. The topological polar surface area (TPSA) is 0 Å². The molecule has 86 valence electrons. The lowest BCUT2D eigenvalue weighted by Crippen LogP contribution is -1.90. The van der Waals surface area contributed by atoms with Gasteiger partial charge in [0.2, 0.25) is 0 Å². The van der Waals surface area contributed by atoms with Crippen LogP contribution in [0.4, 0.5) is 0 Å². The first-order valence-electron chi connectivity index (χ1n) is 5.43. The lowest BCUT2D eigenvalue weighted by molar-refractivity contribution is 1.03. The average molecular weight is 263 g/mol. The molecule has 0 saturated carbocycles. The van der Waals surface area contributed by atoms with Crippen molar-refractivity contribution in [2.45, 2.75) is 12.8 Å². The minimum atomic E-state index is 0.770. The molecule has 0 bridgehead atoms. The standard InChI is InChI=1S/C15H12Cl2/c16-14-8-4-12(5-9-14)2-1-3-13-6-10-15(17)11-7-13/h4-11H,2-3H2. The normalized spacial score (nSPS) is 10.5. The monoisotopic (exact) mass is 262 g/mol. The van der Waals surface area contributed by atoms with E-state index in [1.165, 1.54) is 11.1 Å². The summed E-state index contributed by atoms with van der Waals surface area (Å²) in [6, 6.07) is 15.7. The van der Waals surface area contributed by atoms with Gasteiger partial charge in [-0.25, -0.2) is 0 Å². The highest BCUT2D eigenvalue weighted by atomic mass is 35.5. The van der Waals surface area contributed by atoms with Gasteiger partial charge in [0.05, 0.1) is 0 Å². The van der Waals surface area contributed by atoms with Gasteiger partial charge in [0.15, 0.2) is 0 Å². The van der Waals surface area contributed by atoms with Crippen molar-refractivity contribution in [3.63, 3.8) is 0 Å². The third-order valence-electron chi connectivity index (χ3n) is 2.48. The molecule has 0 N–H and O–H groups in total. The van der Waals surface area contributed by atoms with Gasteiger partial charge in [-0.15, -0.1) is 0 Å². The van der Waals surface area contributed by atoms with Gasteiger partial charge < -0.3 is 0 Å². The quantitative estimate of drug-likeness (QED) is 0.738. The van der Waals surface area contributed by atoms with Crippen molar-refractivity contribution in [1.29, 1.82) is 0 Å². The Kier molecular flexibility index (Phi) is 4.47. The molecule has 0 fully saturated rings. The minimum absolute atomic E-state index is 0.770. The molecule has 2 heteroatoms. The number of hydrogen-bond acceptors (Lipinski definition) is 0. The molecule has 0 aromatic heterocycles. The first-order chi connectivity index (χ1) is 8.24. The second-order valence-electron chi connectivity index (χ2n) is 3.86. The third-order valence-corrected chi connectivity index (χ3v) is 2.99. The molecular weight excluding hydrogens is 251 g/mol. The average Bonchev–Trinajstić information content (AvgIpc) is 2.34. The van der Waals surface area contributed by atoms with Crippen LogP contribution in [0.1, 0.15) is 11.1 Å². The van der Waals surface area contributed by atoms with Crippen LogP contribution in [0.3, 0.4) is 0 Å². The van der Waals surface area contributed by atoms with E-state index >= 15 is 0 Å². The van der Waals surface area contributed by atoms with E-state index in [-0.39, 0.29) is 0 Å². The van der Waals surface area contributed by atoms with E-state index in [0.29, 0.717) is 0 Å². The van der Waals surface area contributed by atoms with Crippen LogP contribution in [-0.2, 0) is 12.8 Å². The zero-order chi connectivity index (χ0) is 12.1. The Hall–Kier alpha value is -0.980. The van der Waals surface area contributed by atoms with E-state index < -0.39 is 0 Å². The van der Waals surface area contributed by atoms with Crippen LogP contribution in [0.25, 0.3) is 0 Å². The summed E-state index contributed by atoms with van der Waals surface area (Å²) < 4.78 is 0. The maximum Gasteiger partial charge on any atom is 0.0406 e. The second kappa shape index (κ2) is 6.09. The number of benzene rings is 2. The minimum Gasteiger partial charge on any atom is -0.0843 e. The highest BCUT2D eigenvalue weighted by molar-refractivity contribution is 6.30. The zero-order valence-corrected chi connectivity index (χ0v) is 10.8. The summed E-state index contributed by atoms with van der Waals surface area (Å²) in [5.41, 5.74) is 2.45. The van der Waals surface area contributed by atoms with Crippen LogP contribution < -0.4 is 0 Å². The Morgan fingerprint density at radius 2 is 1.00 bits per heavy atom. The lowest BCUT2D eigenvalue weighted by atomic mass is 10.0. The molecule has 0 aliphatic rings. The Morgan fingerprint density at radius 3 is 1.35 bits per heavy atom. The highest BCUT2D eigenvalue weighted by Crippen LogP contribution is 2.14. The maximum absolute atomic E-state index is 5.82. The zero-order valence-electron chi connectivity index (χ0n) is 9.29. The molecule has 0 heterocycles. The Bertz CT molecular complexity index is 412. The summed E-state index contributed by atoms with van der Waals surface area (Å²) in [5, 5.41) is 1.54. The first kappa shape index (κ1) is 12.5. The number of rotatable bonds is 4. The summed E-state index contributed by atoms with van der Waals surface area (Å²) >= 11 is 11.6. The molecule has 0 saturated heterocycles. The summed E-state index contributed by atoms with van der Waals surface area (Å²) in [6.45, 7) is 0. The van der Waals surface area contributed by atoms with Crippen molar-refractivity contribution in [3.05, 3.63) is 76.1 Å². The highest BCUT2D eigenvalue weighted by Gasteiger charge is 1.97. The van der Waals surface area contributed by atoms with Crippen molar-refractivity contribution in [2.24, 2.45) is 0 Å². The summed E-state index contributed by atoms with van der Waals surface area (Å²) in [6.07, 6.45) is 5.04. The van der Waals surface area contributed by atoms with Gasteiger partial charge >= 0.3 is 0 Å². The molecule has 17 heavy (non-hydrogen) atoms. The molecule has 0 aliphatic heterocycles. The van der Waals surface area contributed by atoms with Crippen LogP contribution in [0, 0.1) is 6.42 Å². The van der Waals surface area contributed by atoms with Crippen LogP contribution in [-0.4, -0.2) is 0 Å². The Balaban J connectivity index is 1.83. The van der Waals surface area contributed by atoms with Gasteiger partial charge in [-0.2, -0.15) is 0 Å². The lowest BCUT2D eigenvalue weighted by Gasteiger charge is -2.02. The molecule has 2 radical (unpaired) electrons. The predicted molar refractivity (Wildman–Crippen MR) is 73.6 cm³/mol. The number of hydrogen-bond donors (Lipinski definition) is 0. The van der Waals surface area contributed by atoms with Gasteiger partial charge in [0, 0.05) is 10.0 Å². The van der Waals surface area contributed by atoms with E-state index in [4.69, 9.17) is 23.2 Å². The smallest absolute Gasteiger partial charge is 0.0406 e. The van der Waals surface area contributed by atoms with E-state index in [2.05, 4.69) is 6.42 Å². The van der Waals surface area contributed by atoms with Gasteiger partial charge in [0.25, 0.3) is 0 Å². The molecule has 0 spiro atoms. The molecule has 2 rings (SSSR count). The van der Waals surface area contributed by atoms with E-state index in [9.17, 15) is 0 Å². The van der Waals surface area contributed by atoms with Crippen molar-refractivity contribution < 1.29 is 0 Å². The summed E-state index contributed by atoms with van der Waals surface area (Å²) in [4.78, 5) is 0. The van der Waals surface area contributed by atoms with Crippen LogP contribution >= 0.6 is 23.2 Å². The fourth-order valence-electron chi connectivity index (χ4n) is 1.56. The van der Waals surface area contributed by atoms with Gasteiger partial charge in [0.1, 0.15) is 0 Å². The molecule has 0 nitrogen and oxygen atoms in total. The second-order valence-corrected chi connectivity index (χ2v) is 4.73. The van der Waals surface area contributed by atoms with Crippen molar-refractivity contribution in [3.8, 4) is 0 Å². The summed E-state index contributed by atoms with van der Waals surface area (Å²) in [5.74, 6) is 0. The Morgan fingerprint density at radius 1 is 0.647 bits per heavy atom. The van der Waals surface area contributed by atoms with Crippen LogP contribution in [0.15, 0.2) is 48.5 Å². The van der Waals surface area contributed by atoms with Crippen LogP contribution in [0.5, 0.6) is 0 Å². The third kappa shape index (κ3) is 4.07. The van der Waals surface area contributed by atoms with E-state index in [0.717, 1.165) is 22.9 Å².